The molecule has 0 bridgehead atoms. The van der Waals surface area contributed by atoms with Gasteiger partial charge in [0.05, 0.1) is 17.8 Å². The number of para-hydroxylation sites is 1. The zero-order chi connectivity index (χ0) is 18.1. The van der Waals surface area contributed by atoms with Crippen molar-refractivity contribution in [1.82, 2.24) is 25.1 Å². The fraction of sp³-hybridized carbons (Fsp3) is 0.0588. The van der Waals surface area contributed by atoms with E-state index in [9.17, 15) is 0 Å². The number of halogens is 1. The van der Waals surface area contributed by atoms with Gasteiger partial charge in [-0.1, -0.05) is 34.1 Å². The molecular formula is C17H13ClN6O2. The fourth-order valence-electron chi connectivity index (χ4n) is 2.42. The lowest BCUT2D eigenvalue weighted by Gasteiger charge is -2.04. The van der Waals surface area contributed by atoms with Crippen LogP contribution in [0, 0.1) is 0 Å². The van der Waals surface area contributed by atoms with Crippen molar-refractivity contribution in [3.63, 3.8) is 0 Å². The van der Waals surface area contributed by atoms with Gasteiger partial charge in [0.2, 0.25) is 5.82 Å². The number of aromatic nitrogens is 5. The molecule has 2 aromatic heterocycles. The minimum Gasteiger partial charge on any atom is -0.497 e. The molecule has 2 N–H and O–H groups in total. The molecule has 8 nitrogen and oxygen atoms in total. The van der Waals surface area contributed by atoms with E-state index in [1.807, 2.05) is 36.4 Å². The minimum atomic E-state index is 0.173. The molecule has 2 aromatic carbocycles. The summed E-state index contributed by atoms with van der Waals surface area (Å²) in [6.45, 7) is 0. The third-order valence-electron chi connectivity index (χ3n) is 3.76. The predicted octanol–water partition coefficient (Wildman–Crippen LogP) is 3.23. The third-order valence-corrected chi connectivity index (χ3v) is 4.08. The summed E-state index contributed by atoms with van der Waals surface area (Å²) in [5.41, 5.74) is 7.83. The molecule has 0 amide bonds. The molecule has 0 saturated carbocycles. The fourth-order valence-corrected chi connectivity index (χ4v) is 2.64. The topological polar surface area (TPSA) is 105 Å². The number of methoxy groups -OCH3 is 1. The smallest absolute Gasteiger partial charge is 0.282 e. The van der Waals surface area contributed by atoms with E-state index in [0.29, 0.717) is 16.5 Å². The Hall–Kier alpha value is -3.39. The Morgan fingerprint density at radius 2 is 1.88 bits per heavy atom. The lowest BCUT2D eigenvalue weighted by atomic mass is 10.2. The van der Waals surface area contributed by atoms with Crippen molar-refractivity contribution in [1.29, 1.82) is 0 Å². The molecule has 0 radical (unpaired) electrons. The van der Waals surface area contributed by atoms with Crippen molar-refractivity contribution in [3.8, 4) is 34.4 Å². The molecule has 0 aliphatic heterocycles. The third kappa shape index (κ3) is 2.76. The van der Waals surface area contributed by atoms with Gasteiger partial charge in [0, 0.05) is 5.56 Å². The summed E-state index contributed by atoms with van der Waals surface area (Å²) in [5, 5.41) is 12.6. The highest BCUT2D eigenvalue weighted by atomic mass is 35.5. The Labute approximate surface area is 153 Å². The largest absolute Gasteiger partial charge is 0.497 e. The molecule has 0 aliphatic carbocycles. The molecular weight excluding hydrogens is 356 g/mol. The molecule has 4 rings (SSSR count). The second-order valence-electron chi connectivity index (χ2n) is 5.34. The normalized spacial score (nSPS) is 10.8. The van der Waals surface area contributed by atoms with Crippen LogP contribution < -0.4 is 10.5 Å². The Kier molecular flexibility index (Phi) is 4.02. The van der Waals surface area contributed by atoms with Crippen LogP contribution in [0.1, 0.15) is 0 Å². The maximum atomic E-state index is 6.19. The van der Waals surface area contributed by atoms with Crippen LogP contribution in [0.4, 0.5) is 5.82 Å². The molecule has 0 fully saturated rings. The summed E-state index contributed by atoms with van der Waals surface area (Å²) < 4.78 is 11.9. The summed E-state index contributed by atoms with van der Waals surface area (Å²) in [4.78, 5) is 4.35. The molecule has 26 heavy (non-hydrogen) atoms. The number of anilines is 1. The number of ether oxygens (including phenoxy) is 1. The van der Waals surface area contributed by atoms with E-state index in [4.69, 9.17) is 26.6 Å². The highest BCUT2D eigenvalue weighted by molar-refractivity contribution is 6.32. The van der Waals surface area contributed by atoms with Crippen LogP contribution in [0.3, 0.4) is 0 Å². The van der Waals surface area contributed by atoms with Gasteiger partial charge in [0.25, 0.3) is 5.89 Å². The molecule has 4 aromatic rings. The summed E-state index contributed by atoms with van der Waals surface area (Å²) in [6, 6.07) is 14.5. The van der Waals surface area contributed by atoms with E-state index in [1.165, 1.54) is 4.68 Å². The van der Waals surface area contributed by atoms with E-state index < -0.39 is 0 Å². The van der Waals surface area contributed by atoms with Gasteiger partial charge in [-0.2, -0.15) is 9.67 Å². The van der Waals surface area contributed by atoms with E-state index in [0.717, 1.165) is 11.3 Å². The monoisotopic (exact) mass is 368 g/mol. The number of rotatable bonds is 4. The number of hydrogen-bond donors (Lipinski definition) is 1. The number of benzene rings is 2. The highest BCUT2D eigenvalue weighted by Crippen LogP contribution is 2.29. The molecule has 9 heteroatoms. The van der Waals surface area contributed by atoms with E-state index in [1.54, 1.807) is 19.2 Å². The Morgan fingerprint density at radius 3 is 2.62 bits per heavy atom. The number of nitrogens with zero attached hydrogens (tertiary/aromatic N) is 5. The van der Waals surface area contributed by atoms with Crippen molar-refractivity contribution in [3.05, 3.63) is 53.6 Å². The Morgan fingerprint density at radius 1 is 1.12 bits per heavy atom. The molecule has 0 aliphatic rings. The molecule has 130 valence electrons. The molecule has 0 saturated heterocycles. The standard InChI is InChI=1S/C17H13ClN6O2/c1-25-11-8-6-10(7-9-11)16-20-17(26-22-16)14-15(19)24(23-21-14)13-5-3-2-4-12(13)18/h2-9H,19H2,1H3. The van der Waals surface area contributed by atoms with Crippen molar-refractivity contribution >= 4 is 17.4 Å². The predicted molar refractivity (Wildman–Crippen MR) is 96.1 cm³/mol. The van der Waals surface area contributed by atoms with Crippen molar-refractivity contribution in [2.75, 3.05) is 12.8 Å². The van der Waals surface area contributed by atoms with Crippen LogP contribution in [0.25, 0.3) is 28.7 Å². The van der Waals surface area contributed by atoms with Gasteiger partial charge in [-0.3, -0.25) is 0 Å². The summed E-state index contributed by atoms with van der Waals surface area (Å²) in [7, 11) is 1.60. The van der Waals surface area contributed by atoms with Crippen LogP contribution in [-0.4, -0.2) is 32.2 Å². The average molecular weight is 369 g/mol. The lowest BCUT2D eigenvalue weighted by Crippen LogP contribution is -2.02. The first-order chi connectivity index (χ1) is 12.7. The summed E-state index contributed by atoms with van der Waals surface area (Å²) in [6.07, 6.45) is 0. The lowest BCUT2D eigenvalue weighted by molar-refractivity contribution is 0.414. The van der Waals surface area contributed by atoms with E-state index >= 15 is 0 Å². The maximum absolute atomic E-state index is 6.19. The van der Waals surface area contributed by atoms with Gasteiger partial charge < -0.3 is 15.0 Å². The summed E-state index contributed by atoms with van der Waals surface area (Å²) in [5.74, 6) is 1.58. The van der Waals surface area contributed by atoms with Gasteiger partial charge in [0.1, 0.15) is 5.75 Å². The van der Waals surface area contributed by atoms with Crippen LogP contribution in [0.2, 0.25) is 5.02 Å². The van der Waals surface area contributed by atoms with Crippen molar-refractivity contribution in [2.45, 2.75) is 0 Å². The minimum absolute atomic E-state index is 0.173. The van der Waals surface area contributed by atoms with Gasteiger partial charge in [-0.25, -0.2) is 0 Å². The SMILES string of the molecule is COc1ccc(-c2noc(-c3nnn(-c4ccccc4Cl)c3N)n2)cc1. The van der Waals surface area contributed by atoms with Gasteiger partial charge in [0.15, 0.2) is 11.5 Å². The van der Waals surface area contributed by atoms with Crippen LogP contribution in [0.5, 0.6) is 5.75 Å². The second kappa shape index (κ2) is 6.49. The quantitative estimate of drug-likeness (QED) is 0.589. The Balaban J connectivity index is 1.69. The second-order valence-corrected chi connectivity index (χ2v) is 5.75. The number of hydrogen-bond acceptors (Lipinski definition) is 7. The Bertz CT molecular complexity index is 1060. The molecule has 2 heterocycles. The zero-order valence-electron chi connectivity index (χ0n) is 13.6. The first kappa shape index (κ1) is 16.1. The van der Waals surface area contributed by atoms with Gasteiger partial charge >= 0.3 is 0 Å². The van der Waals surface area contributed by atoms with Crippen LogP contribution >= 0.6 is 11.6 Å². The van der Waals surface area contributed by atoms with Crippen LogP contribution in [-0.2, 0) is 0 Å². The summed E-state index contributed by atoms with van der Waals surface area (Å²) >= 11 is 6.19. The van der Waals surface area contributed by atoms with E-state index in [2.05, 4.69) is 20.5 Å². The first-order valence-corrected chi connectivity index (χ1v) is 8.00. The van der Waals surface area contributed by atoms with E-state index in [-0.39, 0.29) is 17.4 Å². The number of nitrogen functional groups attached to an aromatic ring is 1. The van der Waals surface area contributed by atoms with Gasteiger partial charge in [-0.05, 0) is 36.4 Å². The average Bonchev–Trinajstić information content (AvgIpc) is 3.29. The first-order valence-electron chi connectivity index (χ1n) is 7.62. The molecule has 0 spiro atoms. The maximum Gasteiger partial charge on any atom is 0.282 e. The van der Waals surface area contributed by atoms with Crippen molar-refractivity contribution < 1.29 is 9.26 Å². The molecule has 0 atom stereocenters. The zero-order valence-corrected chi connectivity index (χ0v) is 14.4. The van der Waals surface area contributed by atoms with Crippen molar-refractivity contribution in [2.24, 2.45) is 0 Å². The van der Waals surface area contributed by atoms with Gasteiger partial charge in [-0.15, -0.1) is 5.10 Å². The van der Waals surface area contributed by atoms with Crippen LogP contribution in [0.15, 0.2) is 53.1 Å². The number of nitrogens with two attached hydrogens (primary N) is 1. The highest BCUT2D eigenvalue weighted by Gasteiger charge is 2.20. The molecule has 0 unspecified atom stereocenters.